The highest BCUT2D eigenvalue weighted by Gasteiger charge is 2.23. The van der Waals surface area contributed by atoms with Gasteiger partial charge in [0.2, 0.25) is 0 Å². The summed E-state index contributed by atoms with van der Waals surface area (Å²) < 4.78 is 0. The van der Waals surface area contributed by atoms with Crippen LogP contribution in [0, 0.1) is 0 Å². The number of aromatic nitrogens is 4. The van der Waals surface area contributed by atoms with Gasteiger partial charge < -0.3 is 15.2 Å². The molecule has 0 amide bonds. The van der Waals surface area contributed by atoms with Gasteiger partial charge in [0.15, 0.2) is 5.82 Å². The zero-order valence-corrected chi connectivity index (χ0v) is 14.8. The number of rotatable bonds is 4. The maximum Gasteiger partial charge on any atom is 0.290 e. The first-order valence-electron chi connectivity index (χ1n) is 8.54. The van der Waals surface area contributed by atoms with Gasteiger partial charge in [-0.2, -0.15) is 0 Å². The third-order valence-corrected chi connectivity index (χ3v) is 5.24. The molecule has 4 heterocycles. The van der Waals surface area contributed by atoms with Crippen LogP contribution < -0.4 is 15.8 Å². The van der Waals surface area contributed by atoms with Crippen molar-refractivity contribution in [3.8, 4) is 0 Å². The monoisotopic (exact) mass is 356 g/mol. The summed E-state index contributed by atoms with van der Waals surface area (Å²) in [5.41, 5.74) is -0.140. The Hall–Kier alpha value is -2.48. The smallest absolute Gasteiger partial charge is 0.290 e. The van der Waals surface area contributed by atoms with Crippen molar-refractivity contribution in [3.63, 3.8) is 0 Å². The Morgan fingerprint density at radius 3 is 3.20 bits per heavy atom. The molecule has 1 unspecified atom stereocenters. The Balaban J connectivity index is 1.58. The summed E-state index contributed by atoms with van der Waals surface area (Å²) in [4.78, 5) is 31.3. The molecule has 1 atom stereocenters. The first kappa shape index (κ1) is 16.0. The van der Waals surface area contributed by atoms with E-state index in [0.29, 0.717) is 5.82 Å². The number of nitrogens with one attached hydrogen (secondary N) is 2. The Labute approximate surface area is 149 Å². The van der Waals surface area contributed by atoms with Gasteiger partial charge in [-0.05, 0) is 24.3 Å². The molecule has 0 aromatic carbocycles. The van der Waals surface area contributed by atoms with Gasteiger partial charge in [-0.25, -0.2) is 15.0 Å². The zero-order chi connectivity index (χ0) is 17.2. The van der Waals surface area contributed by atoms with E-state index in [4.69, 9.17) is 0 Å². The maximum atomic E-state index is 12.0. The van der Waals surface area contributed by atoms with E-state index in [-0.39, 0.29) is 11.6 Å². The molecule has 1 aliphatic rings. The predicted octanol–water partition coefficient (Wildman–Crippen LogP) is 2.42. The minimum atomic E-state index is -0.140. The van der Waals surface area contributed by atoms with Gasteiger partial charge in [-0.3, -0.25) is 4.79 Å². The number of hydrogen-bond donors (Lipinski definition) is 2. The van der Waals surface area contributed by atoms with Crippen LogP contribution in [0.15, 0.2) is 28.6 Å². The molecule has 1 saturated heterocycles. The second-order valence-corrected chi connectivity index (χ2v) is 7.05. The fourth-order valence-corrected chi connectivity index (χ4v) is 4.00. The van der Waals surface area contributed by atoms with E-state index >= 15 is 0 Å². The largest absolute Gasteiger partial charge is 0.365 e. The highest BCUT2D eigenvalue weighted by Crippen LogP contribution is 2.27. The summed E-state index contributed by atoms with van der Waals surface area (Å²) in [6, 6.07) is 2.28. The average Bonchev–Trinajstić information content (AvgIpc) is 3.11. The van der Waals surface area contributed by atoms with Crippen LogP contribution in [0.2, 0.25) is 0 Å². The molecule has 2 N–H and O–H groups in total. The molecule has 0 spiro atoms. The van der Waals surface area contributed by atoms with Crippen molar-refractivity contribution in [1.29, 1.82) is 0 Å². The van der Waals surface area contributed by atoms with Crippen molar-refractivity contribution in [1.82, 2.24) is 19.9 Å². The number of aromatic amines is 1. The number of thiophene rings is 1. The second kappa shape index (κ2) is 6.79. The van der Waals surface area contributed by atoms with Crippen LogP contribution in [0.25, 0.3) is 10.2 Å². The van der Waals surface area contributed by atoms with Crippen LogP contribution in [0.3, 0.4) is 0 Å². The Bertz CT molecular complexity index is 936. The molecule has 1 aliphatic heterocycles. The van der Waals surface area contributed by atoms with Crippen LogP contribution >= 0.6 is 11.3 Å². The lowest BCUT2D eigenvalue weighted by Gasteiger charge is -2.33. The Morgan fingerprint density at radius 2 is 2.36 bits per heavy atom. The first-order valence-corrected chi connectivity index (χ1v) is 9.42. The van der Waals surface area contributed by atoms with Gasteiger partial charge in [-0.15, -0.1) is 11.3 Å². The molecule has 25 heavy (non-hydrogen) atoms. The average molecular weight is 356 g/mol. The van der Waals surface area contributed by atoms with Crippen molar-refractivity contribution in [2.24, 2.45) is 0 Å². The summed E-state index contributed by atoms with van der Waals surface area (Å²) in [5.74, 6) is 2.24. The van der Waals surface area contributed by atoms with E-state index in [2.05, 4.69) is 38.2 Å². The van der Waals surface area contributed by atoms with Crippen LogP contribution in [-0.2, 0) is 6.42 Å². The molecule has 0 saturated carbocycles. The molecular formula is C17H20N6OS. The minimum absolute atomic E-state index is 0.140. The quantitative estimate of drug-likeness (QED) is 0.746. The molecule has 7 nitrogen and oxygen atoms in total. The summed E-state index contributed by atoms with van der Waals surface area (Å²) in [5, 5.41) is 6.69. The molecule has 0 bridgehead atoms. The van der Waals surface area contributed by atoms with Crippen molar-refractivity contribution < 1.29 is 0 Å². The van der Waals surface area contributed by atoms with Crippen LogP contribution in [0.5, 0.6) is 0 Å². The molecule has 0 aliphatic carbocycles. The summed E-state index contributed by atoms with van der Waals surface area (Å²) in [6.45, 7) is 3.64. The number of fused-ring (bicyclic) bond motifs is 1. The van der Waals surface area contributed by atoms with E-state index in [1.54, 1.807) is 23.7 Å². The SMILES string of the molecule is CCc1nc(NC2CCCN(c3ncc[nH]c3=O)C2)c2ccsc2n1. The second-order valence-electron chi connectivity index (χ2n) is 6.15. The van der Waals surface area contributed by atoms with Gasteiger partial charge >= 0.3 is 0 Å². The molecule has 0 radical (unpaired) electrons. The highest BCUT2D eigenvalue weighted by atomic mass is 32.1. The predicted molar refractivity (Wildman–Crippen MR) is 101 cm³/mol. The summed E-state index contributed by atoms with van der Waals surface area (Å²) >= 11 is 1.64. The Kier molecular flexibility index (Phi) is 4.35. The number of anilines is 2. The molecule has 3 aromatic rings. The van der Waals surface area contributed by atoms with E-state index < -0.39 is 0 Å². The van der Waals surface area contributed by atoms with Gasteiger partial charge in [-0.1, -0.05) is 6.92 Å². The molecule has 8 heteroatoms. The fourth-order valence-electron chi connectivity index (χ4n) is 3.22. The van der Waals surface area contributed by atoms with E-state index in [1.165, 1.54) is 0 Å². The molecular weight excluding hydrogens is 336 g/mol. The Morgan fingerprint density at radius 1 is 1.44 bits per heavy atom. The van der Waals surface area contributed by atoms with Crippen molar-refractivity contribution in [2.45, 2.75) is 32.2 Å². The van der Waals surface area contributed by atoms with E-state index in [1.807, 2.05) is 10.3 Å². The topological polar surface area (TPSA) is 86.8 Å². The lowest BCUT2D eigenvalue weighted by Crippen LogP contribution is -2.44. The lowest BCUT2D eigenvalue weighted by atomic mass is 10.1. The highest BCUT2D eigenvalue weighted by molar-refractivity contribution is 7.16. The maximum absolute atomic E-state index is 12.0. The van der Waals surface area contributed by atoms with Gasteiger partial charge in [0, 0.05) is 37.9 Å². The summed E-state index contributed by atoms with van der Waals surface area (Å²) in [6.07, 6.45) is 6.04. The zero-order valence-electron chi connectivity index (χ0n) is 14.0. The normalized spacial score (nSPS) is 17.8. The first-order chi connectivity index (χ1) is 12.2. The van der Waals surface area contributed by atoms with Crippen LogP contribution in [-0.4, -0.2) is 39.1 Å². The minimum Gasteiger partial charge on any atom is -0.365 e. The number of H-pyrrole nitrogens is 1. The van der Waals surface area contributed by atoms with Crippen molar-refractivity contribution in [3.05, 3.63) is 40.0 Å². The molecule has 1 fully saturated rings. The van der Waals surface area contributed by atoms with Crippen molar-refractivity contribution in [2.75, 3.05) is 23.3 Å². The van der Waals surface area contributed by atoms with Crippen molar-refractivity contribution >= 4 is 33.2 Å². The molecule has 3 aromatic heterocycles. The van der Waals surface area contributed by atoms with E-state index in [9.17, 15) is 4.79 Å². The van der Waals surface area contributed by atoms with Crippen LogP contribution in [0.1, 0.15) is 25.6 Å². The number of piperidine rings is 1. The van der Waals surface area contributed by atoms with E-state index in [0.717, 1.165) is 54.2 Å². The van der Waals surface area contributed by atoms with Gasteiger partial charge in [0.1, 0.15) is 16.5 Å². The van der Waals surface area contributed by atoms with Gasteiger partial charge in [0.25, 0.3) is 5.56 Å². The third kappa shape index (κ3) is 3.21. The molecule has 4 rings (SSSR count). The number of nitrogens with zero attached hydrogens (tertiary/aromatic N) is 4. The third-order valence-electron chi connectivity index (χ3n) is 4.44. The van der Waals surface area contributed by atoms with Gasteiger partial charge in [0.05, 0.1) is 5.39 Å². The fraction of sp³-hybridized carbons (Fsp3) is 0.412. The lowest BCUT2D eigenvalue weighted by molar-refractivity contribution is 0.524. The number of hydrogen-bond acceptors (Lipinski definition) is 7. The molecule has 130 valence electrons. The standard InChI is InChI=1S/C17H20N6OS/c1-2-13-21-14(12-5-9-25-17(12)22-13)20-11-4-3-8-23(10-11)15-16(24)19-7-6-18-15/h5-7,9,11H,2-4,8,10H2,1H3,(H,19,24)(H,20,21,22). The summed E-state index contributed by atoms with van der Waals surface area (Å²) in [7, 11) is 0. The van der Waals surface area contributed by atoms with Crippen LogP contribution in [0.4, 0.5) is 11.6 Å². The number of aryl methyl sites for hydroxylation is 1.